The maximum absolute atomic E-state index is 13.6. The lowest BCUT2D eigenvalue weighted by molar-refractivity contribution is -0.175. The second kappa shape index (κ2) is 6.07. The fraction of sp³-hybridized carbons (Fsp3) is 0.364. The number of amides is 1. The summed E-state index contributed by atoms with van der Waals surface area (Å²) < 4.78 is 6.01. The summed E-state index contributed by atoms with van der Waals surface area (Å²) in [6.45, 7) is 5.97. The van der Waals surface area contributed by atoms with Crippen LogP contribution in [0.3, 0.4) is 0 Å². The van der Waals surface area contributed by atoms with Gasteiger partial charge in [-0.3, -0.25) is 9.59 Å². The lowest BCUT2D eigenvalue weighted by Crippen LogP contribution is -2.60. The van der Waals surface area contributed by atoms with E-state index in [-0.39, 0.29) is 35.1 Å². The molecule has 0 radical (unpaired) electrons. The highest BCUT2D eigenvalue weighted by Gasteiger charge is 2.72. The summed E-state index contributed by atoms with van der Waals surface area (Å²) >= 11 is 0. The van der Waals surface area contributed by atoms with Gasteiger partial charge in [-0.25, -0.2) is 0 Å². The van der Waals surface area contributed by atoms with Gasteiger partial charge in [-0.1, -0.05) is 45.0 Å². The van der Waals surface area contributed by atoms with Crippen LogP contribution in [-0.2, 0) is 16.1 Å². The van der Waals surface area contributed by atoms with E-state index < -0.39 is 17.1 Å². The molecule has 0 bridgehead atoms. The van der Waals surface area contributed by atoms with Gasteiger partial charge in [0.1, 0.15) is 5.75 Å². The summed E-state index contributed by atoms with van der Waals surface area (Å²) in [7, 11) is 0. The Morgan fingerprint density at radius 1 is 1.25 bits per heavy atom. The van der Waals surface area contributed by atoms with Crippen LogP contribution in [0, 0.1) is 0 Å². The normalized spacial score (nSPS) is 24.5. The third-order valence-corrected chi connectivity index (χ3v) is 5.68. The molecule has 1 amide bonds. The molecule has 6 nitrogen and oxygen atoms in total. The topological polar surface area (TPSA) is 102 Å². The molecule has 0 spiro atoms. The van der Waals surface area contributed by atoms with Crippen molar-refractivity contribution in [3.63, 3.8) is 0 Å². The van der Waals surface area contributed by atoms with Crippen LogP contribution in [0.25, 0.3) is 0 Å². The number of nitrogens with one attached hydrogen (secondary N) is 1. The monoisotopic (exact) mass is 380 g/mol. The smallest absolute Gasteiger partial charge is 0.271 e. The fourth-order valence-corrected chi connectivity index (χ4v) is 4.24. The van der Waals surface area contributed by atoms with Gasteiger partial charge in [-0.05, 0) is 30.0 Å². The number of hydrogen-bond acceptors (Lipinski definition) is 5. The number of nitrogen functional groups attached to an aromatic ring is 1. The number of aliphatic hydroxyl groups is 1. The van der Waals surface area contributed by atoms with Crippen molar-refractivity contribution in [3.05, 3.63) is 58.7 Å². The number of Topliss-reactive ketones (excluding diaryl/α,β-unsaturated/α-hetero) is 1. The molecule has 0 aromatic heterocycles. The van der Waals surface area contributed by atoms with Gasteiger partial charge in [-0.2, -0.15) is 0 Å². The molecule has 1 heterocycles. The molecule has 1 aliphatic carbocycles. The van der Waals surface area contributed by atoms with Gasteiger partial charge in [0.05, 0.1) is 5.56 Å². The standard InChI is InChI=1S/C22H24N2O4/c1-4-6-18(25)24-21-14-10-9-13(12(2)3)11-17(14)28-22(21,27)15-7-5-8-16(23)19(15)20(21)26/h5,7-12,27H,4,6,23H2,1-3H3,(H,24,25). The molecular formula is C22H24N2O4. The van der Waals surface area contributed by atoms with E-state index >= 15 is 0 Å². The Balaban J connectivity index is 1.97. The van der Waals surface area contributed by atoms with E-state index in [0.29, 0.717) is 17.7 Å². The molecule has 2 unspecified atom stereocenters. The maximum Gasteiger partial charge on any atom is 0.271 e. The van der Waals surface area contributed by atoms with E-state index in [2.05, 4.69) is 5.32 Å². The molecule has 4 N–H and O–H groups in total. The quantitative estimate of drug-likeness (QED) is 0.708. The highest BCUT2D eigenvalue weighted by Crippen LogP contribution is 2.59. The summed E-state index contributed by atoms with van der Waals surface area (Å²) in [6.07, 6.45) is 0.847. The minimum Gasteiger partial charge on any atom is -0.454 e. The summed E-state index contributed by atoms with van der Waals surface area (Å²) in [5.74, 6) is -2.19. The van der Waals surface area contributed by atoms with Crippen LogP contribution in [0.15, 0.2) is 36.4 Å². The zero-order valence-corrected chi connectivity index (χ0v) is 16.2. The SMILES string of the molecule is CCCC(=O)NC12C(=O)c3c(N)cccc3C1(O)Oc1cc(C(C)C)ccc12. The van der Waals surface area contributed by atoms with Crippen molar-refractivity contribution in [2.75, 3.05) is 5.73 Å². The van der Waals surface area contributed by atoms with Crippen molar-refractivity contribution < 1.29 is 19.4 Å². The minimum atomic E-state index is -2.05. The van der Waals surface area contributed by atoms with Crippen molar-refractivity contribution in [1.82, 2.24) is 5.32 Å². The Bertz CT molecular complexity index is 1000. The van der Waals surface area contributed by atoms with Crippen LogP contribution in [0.2, 0.25) is 0 Å². The number of anilines is 1. The number of benzene rings is 2. The molecular weight excluding hydrogens is 356 g/mol. The van der Waals surface area contributed by atoms with E-state index in [1.54, 1.807) is 24.3 Å². The van der Waals surface area contributed by atoms with Crippen molar-refractivity contribution in [3.8, 4) is 5.75 Å². The Kier molecular flexibility index (Phi) is 4.01. The van der Waals surface area contributed by atoms with Crippen LogP contribution in [-0.4, -0.2) is 16.8 Å². The van der Waals surface area contributed by atoms with Crippen LogP contribution in [0.1, 0.15) is 66.6 Å². The van der Waals surface area contributed by atoms with Gasteiger partial charge < -0.3 is 20.9 Å². The molecule has 2 aromatic rings. The van der Waals surface area contributed by atoms with Crippen LogP contribution in [0.5, 0.6) is 5.75 Å². The van der Waals surface area contributed by atoms with E-state index in [9.17, 15) is 14.7 Å². The van der Waals surface area contributed by atoms with Crippen LogP contribution < -0.4 is 15.8 Å². The summed E-state index contributed by atoms with van der Waals surface area (Å²) in [5.41, 5.74) is 6.49. The number of ketones is 1. The Morgan fingerprint density at radius 2 is 2.00 bits per heavy atom. The molecule has 0 saturated carbocycles. The molecule has 2 aliphatic rings. The second-order valence-corrected chi connectivity index (χ2v) is 7.80. The van der Waals surface area contributed by atoms with E-state index in [4.69, 9.17) is 10.5 Å². The first-order valence-corrected chi connectivity index (χ1v) is 9.56. The zero-order valence-electron chi connectivity index (χ0n) is 16.2. The third-order valence-electron chi connectivity index (χ3n) is 5.68. The number of fused-ring (bicyclic) bond motifs is 5. The van der Waals surface area contributed by atoms with Gasteiger partial charge >= 0.3 is 0 Å². The van der Waals surface area contributed by atoms with Crippen molar-refractivity contribution in [2.24, 2.45) is 0 Å². The molecule has 0 fully saturated rings. The average Bonchev–Trinajstić information content (AvgIpc) is 2.99. The predicted octanol–water partition coefficient (Wildman–Crippen LogP) is 2.94. The average molecular weight is 380 g/mol. The van der Waals surface area contributed by atoms with Crippen molar-refractivity contribution in [1.29, 1.82) is 0 Å². The second-order valence-electron chi connectivity index (χ2n) is 7.80. The first-order valence-electron chi connectivity index (χ1n) is 9.56. The lowest BCUT2D eigenvalue weighted by atomic mass is 9.82. The highest BCUT2D eigenvalue weighted by atomic mass is 16.6. The number of ether oxygens (including phenoxy) is 1. The first-order chi connectivity index (χ1) is 13.3. The maximum atomic E-state index is 13.6. The number of hydrogen-bond donors (Lipinski definition) is 3. The number of nitrogens with two attached hydrogens (primary N) is 1. The molecule has 2 aromatic carbocycles. The molecule has 0 saturated heterocycles. The summed E-state index contributed by atoms with van der Waals surface area (Å²) in [5, 5.41) is 14.5. The summed E-state index contributed by atoms with van der Waals surface area (Å²) in [6, 6.07) is 10.4. The zero-order chi connectivity index (χ0) is 20.3. The molecule has 2 atom stereocenters. The number of rotatable bonds is 4. The Morgan fingerprint density at radius 3 is 2.68 bits per heavy atom. The molecule has 146 valence electrons. The molecule has 1 aliphatic heterocycles. The van der Waals surface area contributed by atoms with E-state index in [0.717, 1.165) is 5.56 Å². The van der Waals surface area contributed by atoms with Gasteiger partial charge in [-0.15, -0.1) is 0 Å². The lowest BCUT2D eigenvalue weighted by Gasteiger charge is -2.34. The number of carbonyl (C=O) groups is 2. The van der Waals surface area contributed by atoms with Gasteiger partial charge in [0.2, 0.25) is 17.2 Å². The predicted molar refractivity (Wildman–Crippen MR) is 105 cm³/mol. The van der Waals surface area contributed by atoms with Gasteiger partial charge in [0, 0.05) is 23.2 Å². The van der Waals surface area contributed by atoms with Gasteiger partial charge in [0.15, 0.2) is 0 Å². The van der Waals surface area contributed by atoms with Gasteiger partial charge in [0.25, 0.3) is 5.79 Å². The summed E-state index contributed by atoms with van der Waals surface area (Å²) in [4.78, 5) is 26.2. The molecule has 6 heteroatoms. The number of carbonyl (C=O) groups excluding carboxylic acids is 2. The first kappa shape index (κ1) is 18.5. The van der Waals surface area contributed by atoms with Crippen molar-refractivity contribution >= 4 is 17.4 Å². The van der Waals surface area contributed by atoms with E-state index in [1.165, 1.54) is 0 Å². The largest absolute Gasteiger partial charge is 0.454 e. The highest BCUT2D eigenvalue weighted by molar-refractivity contribution is 6.15. The van der Waals surface area contributed by atoms with Crippen LogP contribution in [0.4, 0.5) is 5.69 Å². The minimum absolute atomic E-state index is 0.195. The van der Waals surface area contributed by atoms with E-state index in [1.807, 2.05) is 32.9 Å². The fourth-order valence-electron chi connectivity index (χ4n) is 4.24. The third kappa shape index (κ3) is 2.18. The Hall–Kier alpha value is -2.86. The molecule has 4 rings (SSSR count). The molecule has 28 heavy (non-hydrogen) atoms. The Labute approximate surface area is 163 Å². The van der Waals surface area contributed by atoms with Crippen LogP contribution >= 0.6 is 0 Å². The van der Waals surface area contributed by atoms with Crippen molar-refractivity contribution in [2.45, 2.75) is 50.9 Å².